The van der Waals surface area contributed by atoms with Gasteiger partial charge >= 0.3 is 0 Å². The van der Waals surface area contributed by atoms with E-state index in [-0.39, 0.29) is 0 Å². The largest absolute Gasteiger partial charge is 0.344 e. The van der Waals surface area contributed by atoms with Gasteiger partial charge in [0.05, 0.1) is 6.54 Å². The lowest BCUT2D eigenvalue weighted by Gasteiger charge is -2.04. The highest BCUT2D eigenvalue weighted by atomic mass is 16.6. The molecule has 0 aliphatic rings. The van der Waals surface area contributed by atoms with Gasteiger partial charge in [0.25, 0.3) is 0 Å². The van der Waals surface area contributed by atoms with Gasteiger partial charge in [-0.05, 0) is 19.1 Å². The van der Waals surface area contributed by atoms with Crippen molar-refractivity contribution in [3.8, 4) is 0 Å². The summed E-state index contributed by atoms with van der Waals surface area (Å²) in [5, 5.41) is 7.54. The van der Waals surface area contributed by atoms with Crippen LogP contribution in [0, 0.1) is 6.92 Å². The Hall–Kier alpha value is -1.62. The minimum Gasteiger partial charge on any atom is -0.344 e. The summed E-state index contributed by atoms with van der Waals surface area (Å²) in [6.07, 6.45) is 1.97. The Morgan fingerprint density at radius 1 is 1.50 bits per heavy atom. The third kappa shape index (κ3) is 1.54. The Morgan fingerprint density at radius 2 is 2.36 bits per heavy atom. The second-order valence-corrected chi connectivity index (χ2v) is 3.13. The summed E-state index contributed by atoms with van der Waals surface area (Å²) >= 11 is 0. The zero-order valence-corrected chi connectivity index (χ0v) is 7.97. The molecule has 2 aromatic heterocycles. The summed E-state index contributed by atoms with van der Waals surface area (Å²) < 4.78 is 6.66. The van der Waals surface area contributed by atoms with Gasteiger partial charge in [-0.3, -0.25) is 0 Å². The molecular formula is C9H12N4O. The first kappa shape index (κ1) is 8.96. The number of rotatable bonds is 3. The van der Waals surface area contributed by atoms with E-state index >= 15 is 0 Å². The van der Waals surface area contributed by atoms with Crippen LogP contribution in [0.1, 0.15) is 17.1 Å². The van der Waals surface area contributed by atoms with E-state index in [4.69, 9.17) is 5.73 Å². The van der Waals surface area contributed by atoms with Gasteiger partial charge in [0.15, 0.2) is 0 Å². The van der Waals surface area contributed by atoms with Gasteiger partial charge in [-0.15, -0.1) is 0 Å². The molecule has 0 amide bonds. The van der Waals surface area contributed by atoms with Crippen molar-refractivity contribution in [3.63, 3.8) is 0 Å². The second-order valence-electron chi connectivity index (χ2n) is 3.13. The molecule has 0 spiro atoms. The third-order valence-corrected chi connectivity index (χ3v) is 2.20. The number of aryl methyl sites for hydroxylation is 1. The maximum Gasteiger partial charge on any atom is 0.127 e. The minimum atomic E-state index is 0.525. The van der Waals surface area contributed by atoms with Gasteiger partial charge in [-0.2, -0.15) is 0 Å². The van der Waals surface area contributed by atoms with Crippen molar-refractivity contribution in [2.24, 2.45) is 5.73 Å². The first-order valence-corrected chi connectivity index (χ1v) is 4.43. The molecule has 74 valence electrons. The quantitative estimate of drug-likeness (QED) is 0.776. The highest BCUT2D eigenvalue weighted by molar-refractivity contribution is 5.12. The molecule has 0 bridgehead atoms. The average Bonchev–Trinajstić information content (AvgIpc) is 2.77. The molecule has 0 atom stereocenters. The summed E-state index contributed by atoms with van der Waals surface area (Å²) in [6.45, 7) is 3.06. The molecule has 0 aromatic carbocycles. The van der Waals surface area contributed by atoms with Crippen molar-refractivity contribution in [2.75, 3.05) is 0 Å². The Morgan fingerprint density at radius 3 is 3.00 bits per heavy atom. The van der Waals surface area contributed by atoms with Crippen LogP contribution < -0.4 is 5.73 Å². The number of hydrogen-bond donors (Lipinski definition) is 1. The van der Waals surface area contributed by atoms with Crippen LogP contribution in [0.4, 0.5) is 0 Å². The van der Waals surface area contributed by atoms with E-state index < -0.39 is 0 Å². The molecule has 0 fully saturated rings. The van der Waals surface area contributed by atoms with Gasteiger partial charge in [-0.25, -0.2) is 4.63 Å². The zero-order valence-electron chi connectivity index (χ0n) is 7.97. The van der Waals surface area contributed by atoms with Gasteiger partial charge in [0.1, 0.15) is 11.4 Å². The first-order valence-electron chi connectivity index (χ1n) is 4.43. The van der Waals surface area contributed by atoms with Crippen molar-refractivity contribution in [3.05, 3.63) is 35.4 Å². The molecule has 0 unspecified atom stereocenters. The Kier molecular flexibility index (Phi) is 2.32. The summed E-state index contributed by atoms with van der Waals surface area (Å²) in [4.78, 5) is 0. The highest BCUT2D eigenvalue weighted by Crippen LogP contribution is 2.07. The van der Waals surface area contributed by atoms with Crippen molar-refractivity contribution in [2.45, 2.75) is 20.0 Å². The van der Waals surface area contributed by atoms with Crippen molar-refractivity contribution in [1.82, 2.24) is 14.9 Å². The van der Waals surface area contributed by atoms with E-state index in [9.17, 15) is 0 Å². The fourth-order valence-corrected chi connectivity index (χ4v) is 1.34. The van der Waals surface area contributed by atoms with E-state index in [1.54, 1.807) is 0 Å². The van der Waals surface area contributed by atoms with Crippen molar-refractivity contribution >= 4 is 0 Å². The van der Waals surface area contributed by atoms with Gasteiger partial charge in [-0.1, -0.05) is 10.3 Å². The molecule has 0 aliphatic heterocycles. The van der Waals surface area contributed by atoms with Crippen LogP contribution in [0.2, 0.25) is 0 Å². The molecule has 0 saturated carbocycles. The van der Waals surface area contributed by atoms with Gasteiger partial charge in [0, 0.05) is 18.4 Å². The van der Waals surface area contributed by atoms with Gasteiger partial charge < -0.3 is 10.3 Å². The van der Waals surface area contributed by atoms with Crippen LogP contribution in [0.5, 0.6) is 0 Å². The third-order valence-electron chi connectivity index (χ3n) is 2.20. The topological polar surface area (TPSA) is 69.9 Å². The molecule has 2 aromatic rings. The maximum atomic E-state index is 5.58. The molecule has 2 heterocycles. The molecular weight excluding hydrogens is 180 g/mol. The summed E-state index contributed by atoms with van der Waals surface area (Å²) in [6, 6.07) is 3.95. The van der Waals surface area contributed by atoms with Crippen LogP contribution in [-0.4, -0.2) is 14.9 Å². The van der Waals surface area contributed by atoms with Crippen LogP contribution >= 0.6 is 0 Å². The van der Waals surface area contributed by atoms with Crippen LogP contribution in [0.25, 0.3) is 0 Å². The molecule has 0 radical (unpaired) electrons. The molecule has 14 heavy (non-hydrogen) atoms. The summed E-state index contributed by atoms with van der Waals surface area (Å²) in [5.74, 6) is 0. The van der Waals surface area contributed by atoms with Crippen molar-refractivity contribution in [1.29, 1.82) is 0 Å². The van der Waals surface area contributed by atoms with Crippen LogP contribution in [-0.2, 0) is 13.1 Å². The number of aromatic nitrogens is 3. The van der Waals surface area contributed by atoms with E-state index in [0.29, 0.717) is 13.1 Å². The Labute approximate surface area is 81.5 Å². The van der Waals surface area contributed by atoms with Gasteiger partial charge in [0.2, 0.25) is 0 Å². The fourth-order valence-electron chi connectivity index (χ4n) is 1.34. The lowest BCUT2D eigenvalue weighted by atomic mass is 10.3. The van der Waals surface area contributed by atoms with E-state index in [0.717, 1.165) is 17.1 Å². The minimum absolute atomic E-state index is 0.525. The Balaban J connectivity index is 2.22. The number of hydrogen-bond acceptors (Lipinski definition) is 4. The Bertz CT molecular complexity index is 418. The summed E-state index contributed by atoms with van der Waals surface area (Å²) in [5.41, 5.74) is 8.32. The smallest absolute Gasteiger partial charge is 0.127 e. The first-order chi connectivity index (χ1) is 6.81. The van der Waals surface area contributed by atoms with E-state index in [1.807, 2.05) is 29.8 Å². The van der Waals surface area contributed by atoms with Crippen LogP contribution in [0.3, 0.4) is 0 Å². The highest BCUT2D eigenvalue weighted by Gasteiger charge is 2.07. The van der Waals surface area contributed by atoms with Crippen molar-refractivity contribution < 1.29 is 4.63 Å². The maximum absolute atomic E-state index is 5.58. The average molecular weight is 192 g/mol. The molecule has 0 saturated heterocycles. The molecule has 2 N–H and O–H groups in total. The lowest BCUT2D eigenvalue weighted by molar-refractivity contribution is 0.300. The lowest BCUT2D eigenvalue weighted by Crippen LogP contribution is -2.08. The van der Waals surface area contributed by atoms with E-state index in [1.165, 1.54) is 0 Å². The van der Waals surface area contributed by atoms with E-state index in [2.05, 4.69) is 14.9 Å². The standard InChI is InChI=1S/C9H12N4O/c1-7-9(12-14-11-7)6-13-4-2-3-8(13)5-10/h2-4H,5-6,10H2,1H3. The molecule has 5 nitrogen and oxygen atoms in total. The van der Waals surface area contributed by atoms with Crippen LogP contribution in [0.15, 0.2) is 23.0 Å². The summed E-state index contributed by atoms with van der Waals surface area (Å²) in [7, 11) is 0. The molecule has 0 aliphatic carbocycles. The second kappa shape index (κ2) is 3.63. The number of nitrogens with zero attached hydrogens (tertiary/aromatic N) is 3. The fraction of sp³-hybridized carbons (Fsp3) is 0.333. The molecule has 2 rings (SSSR count). The normalized spacial score (nSPS) is 10.7. The SMILES string of the molecule is Cc1nonc1Cn1cccc1CN. The number of nitrogens with two attached hydrogens (primary N) is 1. The predicted octanol–water partition coefficient (Wildman–Crippen LogP) is 0.687. The predicted molar refractivity (Wildman–Crippen MR) is 50.5 cm³/mol. The zero-order chi connectivity index (χ0) is 9.97. The molecule has 5 heteroatoms. The monoisotopic (exact) mass is 192 g/mol.